The molecule has 1 aliphatic heterocycles. The van der Waals surface area contributed by atoms with Crippen molar-refractivity contribution < 1.29 is 14.2 Å². The van der Waals surface area contributed by atoms with Crippen molar-refractivity contribution in [3.8, 4) is 17.2 Å². The highest BCUT2D eigenvalue weighted by molar-refractivity contribution is 14.0. The number of rotatable bonds is 8. The SMILES string of the molecule is CN=C(NCCCc1ccc(OC)c(OC)c1)N1CCN(c2ccccc2OC)CC1.I. The van der Waals surface area contributed by atoms with E-state index in [0.717, 1.165) is 74.5 Å². The highest BCUT2D eigenvalue weighted by Gasteiger charge is 2.21. The first-order chi connectivity index (χ1) is 15.2. The Morgan fingerprint density at radius 1 is 0.906 bits per heavy atom. The van der Waals surface area contributed by atoms with E-state index in [1.807, 2.05) is 31.3 Å². The fourth-order valence-electron chi connectivity index (χ4n) is 3.91. The van der Waals surface area contributed by atoms with Crippen molar-refractivity contribution in [2.24, 2.45) is 4.99 Å². The molecule has 0 atom stereocenters. The van der Waals surface area contributed by atoms with Crippen LogP contribution in [-0.2, 0) is 6.42 Å². The lowest BCUT2D eigenvalue weighted by Gasteiger charge is -2.38. The number of anilines is 1. The molecule has 3 rings (SSSR count). The summed E-state index contributed by atoms with van der Waals surface area (Å²) >= 11 is 0. The molecule has 2 aromatic carbocycles. The topological polar surface area (TPSA) is 58.6 Å². The first kappa shape index (κ1) is 25.9. The fraction of sp³-hybridized carbons (Fsp3) is 0.458. The van der Waals surface area contributed by atoms with Gasteiger partial charge in [0.1, 0.15) is 5.75 Å². The summed E-state index contributed by atoms with van der Waals surface area (Å²) in [5.41, 5.74) is 2.39. The summed E-state index contributed by atoms with van der Waals surface area (Å²) in [6.07, 6.45) is 1.97. The fourth-order valence-corrected chi connectivity index (χ4v) is 3.91. The zero-order valence-electron chi connectivity index (χ0n) is 19.5. The predicted octanol–water partition coefficient (Wildman–Crippen LogP) is 3.66. The zero-order chi connectivity index (χ0) is 22.1. The molecule has 0 radical (unpaired) electrons. The molecule has 1 fully saturated rings. The third-order valence-corrected chi connectivity index (χ3v) is 5.59. The maximum absolute atomic E-state index is 5.52. The molecule has 0 unspecified atom stereocenters. The molecule has 1 heterocycles. The lowest BCUT2D eigenvalue weighted by Crippen LogP contribution is -2.52. The van der Waals surface area contributed by atoms with Crippen LogP contribution in [0.3, 0.4) is 0 Å². The molecular formula is C24H35IN4O3. The number of nitrogens with zero attached hydrogens (tertiary/aromatic N) is 3. The van der Waals surface area contributed by atoms with E-state index in [0.29, 0.717) is 0 Å². The van der Waals surface area contributed by atoms with Crippen LogP contribution < -0.4 is 24.4 Å². The van der Waals surface area contributed by atoms with Crippen molar-refractivity contribution in [2.45, 2.75) is 12.8 Å². The highest BCUT2D eigenvalue weighted by atomic mass is 127. The molecule has 0 aromatic heterocycles. The van der Waals surface area contributed by atoms with Crippen LogP contribution in [0.5, 0.6) is 17.2 Å². The summed E-state index contributed by atoms with van der Waals surface area (Å²) in [6.45, 7) is 4.59. The molecule has 1 saturated heterocycles. The third kappa shape index (κ3) is 6.57. The Morgan fingerprint density at radius 2 is 1.59 bits per heavy atom. The molecular weight excluding hydrogens is 519 g/mol. The van der Waals surface area contributed by atoms with E-state index >= 15 is 0 Å². The van der Waals surface area contributed by atoms with Crippen molar-refractivity contribution in [1.82, 2.24) is 10.2 Å². The third-order valence-electron chi connectivity index (χ3n) is 5.59. The molecule has 0 saturated carbocycles. The van der Waals surface area contributed by atoms with Crippen LogP contribution in [0.25, 0.3) is 0 Å². The number of para-hydroxylation sites is 2. The van der Waals surface area contributed by atoms with E-state index in [1.54, 1.807) is 21.3 Å². The largest absolute Gasteiger partial charge is 0.495 e. The second-order valence-electron chi connectivity index (χ2n) is 7.41. The van der Waals surface area contributed by atoms with Crippen LogP contribution in [-0.4, -0.2) is 72.0 Å². The van der Waals surface area contributed by atoms with Crippen molar-refractivity contribution >= 4 is 35.6 Å². The van der Waals surface area contributed by atoms with Gasteiger partial charge in [-0.2, -0.15) is 0 Å². The Morgan fingerprint density at radius 3 is 2.25 bits per heavy atom. The van der Waals surface area contributed by atoms with E-state index in [2.05, 4.69) is 38.3 Å². The van der Waals surface area contributed by atoms with Gasteiger partial charge in [0.2, 0.25) is 0 Å². The van der Waals surface area contributed by atoms with E-state index < -0.39 is 0 Å². The number of aryl methyl sites for hydroxylation is 1. The Bertz CT molecular complexity index is 870. The molecule has 2 aromatic rings. The second-order valence-corrected chi connectivity index (χ2v) is 7.41. The van der Waals surface area contributed by atoms with Crippen molar-refractivity contribution in [3.63, 3.8) is 0 Å². The molecule has 0 spiro atoms. The van der Waals surface area contributed by atoms with Gasteiger partial charge in [-0.25, -0.2) is 0 Å². The Balaban J connectivity index is 0.00000363. The number of halogens is 1. The molecule has 176 valence electrons. The first-order valence-corrected chi connectivity index (χ1v) is 10.7. The number of piperazine rings is 1. The van der Waals surface area contributed by atoms with Crippen molar-refractivity contribution in [2.75, 3.05) is 66.0 Å². The van der Waals surface area contributed by atoms with Gasteiger partial charge in [0.25, 0.3) is 0 Å². The van der Waals surface area contributed by atoms with Gasteiger partial charge in [-0.15, -0.1) is 24.0 Å². The number of methoxy groups -OCH3 is 3. The Labute approximate surface area is 208 Å². The zero-order valence-corrected chi connectivity index (χ0v) is 21.8. The minimum atomic E-state index is 0. The van der Waals surface area contributed by atoms with Gasteiger partial charge in [0.15, 0.2) is 17.5 Å². The predicted molar refractivity (Wildman–Crippen MR) is 141 cm³/mol. The van der Waals surface area contributed by atoms with E-state index in [4.69, 9.17) is 14.2 Å². The lowest BCUT2D eigenvalue weighted by atomic mass is 10.1. The normalized spacial score (nSPS) is 13.9. The number of benzene rings is 2. The summed E-state index contributed by atoms with van der Waals surface area (Å²) in [5, 5.41) is 3.51. The smallest absolute Gasteiger partial charge is 0.193 e. The number of guanidine groups is 1. The molecule has 1 aliphatic rings. The molecule has 1 N–H and O–H groups in total. The van der Waals surface area contributed by atoms with Crippen LogP contribution in [0.15, 0.2) is 47.5 Å². The highest BCUT2D eigenvalue weighted by Crippen LogP contribution is 2.29. The van der Waals surface area contributed by atoms with Crippen molar-refractivity contribution in [1.29, 1.82) is 0 Å². The lowest BCUT2D eigenvalue weighted by molar-refractivity contribution is 0.354. The van der Waals surface area contributed by atoms with Crippen LogP contribution in [0.4, 0.5) is 5.69 Å². The standard InChI is InChI=1S/C24H34N4O3.HI/c1-25-24(26-13-7-8-19-11-12-22(30-3)23(18-19)31-4)28-16-14-27(15-17-28)20-9-5-6-10-21(20)29-2;/h5-6,9-12,18H,7-8,13-17H2,1-4H3,(H,25,26);1H. The van der Waals surface area contributed by atoms with Gasteiger partial charge in [0, 0.05) is 39.8 Å². The minimum absolute atomic E-state index is 0. The van der Waals surface area contributed by atoms with Gasteiger partial charge >= 0.3 is 0 Å². The first-order valence-electron chi connectivity index (χ1n) is 10.7. The summed E-state index contributed by atoms with van der Waals surface area (Å²) in [4.78, 5) is 9.19. The van der Waals surface area contributed by atoms with Crippen molar-refractivity contribution in [3.05, 3.63) is 48.0 Å². The number of hydrogen-bond donors (Lipinski definition) is 1. The van der Waals surface area contributed by atoms with Gasteiger partial charge < -0.3 is 29.3 Å². The molecule has 8 heteroatoms. The molecule has 7 nitrogen and oxygen atoms in total. The van der Waals surface area contributed by atoms with Gasteiger partial charge in [-0.05, 0) is 42.7 Å². The van der Waals surface area contributed by atoms with Crippen LogP contribution in [0.1, 0.15) is 12.0 Å². The Hall–Kier alpha value is -2.36. The molecule has 32 heavy (non-hydrogen) atoms. The average Bonchev–Trinajstić information content (AvgIpc) is 2.84. The van der Waals surface area contributed by atoms with E-state index in [-0.39, 0.29) is 24.0 Å². The maximum atomic E-state index is 5.52. The average molecular weight is 554 g/mol. The van der Waals surface area contributed by atoms with Gasteiger partial charge in [-0.3, -0.25) is 4.99 Å². The number of hydrogen-bond acceptors (Lipinski definition) is 5. The number of nitrogens with one attached hydrogen (secondary N) is 1. The molecule has 0 amide bonds. The second kappa shape index (κ2) is 13.2. The van der Waals surface area contributed by atoms with Crippen LogP contribution >= 0.6 is 24.0 Å². The molecule has 0 bridgehead atoms. The van der Waals surface area contributed by atoms with E-state index in [9.17, 15) is 0 Å². The summed E-state index contributed by atoms with van der Waals surface area (Å²) < 4.78 is 16.2. The van der Waals surface area contributed by atoms with Crippen LogP contribution in [0.2, 0.25) is 0 Å². The quantitative estimate of drug-likeness (QED) is 0.233. The summed E-state index contributed by atoms with van der Waals surface area (Å²) in [7, 11) is 6.90. The molecule has 0 aliphatic carbocycles. The number of ether oxygens (including phenoxy) is 3. The monoisotopic (exact) mass is 554 g/mol. The van der Waals surface area contributed by atoms with Crippen LogP contribution in [0, 0.1) is 0 Å². The maximum Gasteiger partial charge on any atom is 0.193 e. The summed E-state index contributed by atoms with van der Waals surface area (Å²) in [6, 6.07) is 14.3. The minimum Gasteiger partial charge on any atom is -0.495 e. The van der Waals surface area contributed by atoms with Gasteiger partial charge in [0.05, 0.1) is 27.0 Å². The summed E-state index contributed by atoms with van der Waals surface area (Å²) in [5.74, 6) is 3.43. The van der Waals surface area contributed by atoms with Gasteiger partial charge in [-0.1, -0.05) is 18.2 Å². The Kier molecular flexibility index (Phi) is 10.7. The van der Waals surface area contributed by atoms with E-state index in [1.165, 1.54) is 5.56 Å². The number of aliphatic imine (C=N–C) groups is 1.